The summed E-state index contributed by atoms with van der Waals surface area (Å²) < 4.78 is 0. The molecule has 100 valence electrons. The van der Waals surface area contributed by atoms with Gasteiger partial charge in [-0.3, -0.25) is 14.9 Å². The first-order valence-corrected chi connectivity index (χ1v) is 5.88. The Morgan fingerprint density at radius 3 is 2.53 bits per heavy atom. The maximum Gasteiger partial charge on any atom is 0.287 e. The van der Waals surface area contributed by atoms with E-state index in [0.717, 1.165) is 0 Å². The number of rotatable bonds is 3. The highest BCUT2D eigenvalue weighted by Crippen LogP contribution is 2.17. The van der Waals surface area contributed by atoms with Crippen LogP contribution in [0.25, 0.3) is 0 Å². The molecule has 7 nitrogen and oxygen atoms in total. The van der Waals surface area contributed by atoms with Crippen LogP contribution in [0.2, 0.25) is 0 Å². The van der Waals surface area contributed by atoms with Crippen LogP contribution in [0.4, 0.5) is 11.5 Å². The number of pyridine rings is 1. The Bertz CT molecular complexity index is 492. The van der Waals surface area contributed by atoms with Crippen LogP contribution in [-0.4, -0.2) is 46.9 Å². The maximum absolute atomic E-state index is 11.4. The lowest BCUT2D eigenvalue weighted by Gasteiger charge is -2.34. The van der Waals surface area contributed by atoms with Crippen molar-refractivity contribution >= 4 is 17.4 Å². The van der Waals surface area contributed by atoms with Crippen molar-refractivity contribution in [1.29, 1.82) is 0 Å². The van der Waals surface area contributed by atoms with E-state index in [9.17, 15) is 14.9 Å². The number of carbonyl (C=O) groups excluding carboxylic acids is 1. The van der Waals surface area contributed by atoms with Gasteiger partial charge in [-0.05, 0) is 12.1 Å². The molecule has 0 saturated carbocycles. The van der Waals surface area contributed by atoms with Crippen LogP contribution < -0.4 is 4.90 Å². The number of aromatic nitrogens is 1. The molecule has 0 unspecified atom stereocenters. The highest BCUT2D eigenvalue weighted by atomic mass is 16.6. The molecule has 0 N–H and O–H groups in total. The van der Waals surface area contributed by atoms with E-state index in [1.165, 1.54) is 18.3 Å². The van der Waals surface area contributed by atoms with Crippen LogP contribution in [0.15, 0.2) is 31.0 Å². The summed E-state index contributed by atoms with van der Waals surface area (Å²) in [6.07, 6.45) is 2.55. The van der Waals surface area contributed by atoms with Crippen molar-refractivity contribution in [3.05, 3.63) is 41.1 Å². The third kappa shape index (κ3) is 2.87. The molecule has 0 aliphatic carbocycles. The molecule has 0 atom stereocenters. The van der Waals surface area contributed by atoms with Gasteiger partial charge >= 0.3 is 0 Å². The second kappa shape index (κ2) is 5.47. The minimum atomic E-state index is -0.475. The Balaban J connectivity index is 1.99. The normalized spacial score (nSPS) is 15.2. The minimum absolute atomic E-state index is 0.0239. The molecule has 0 spiro atoms. The van der Waals surface area contributed by atoms with E-state index >= 15 is 0 Å². The number of anilines is 1. The zero-order valence-corrected chi connectivity index (χ0v) is 10.4. The Kier molecular flexibility index (Phi) is 3.74. The molecule has 1 saturated heterocycles. The fraction of sp³-hybridized carbons (Fsp3) is 0.333. The summed E-state index contributed by atoms with van der Waals surface area (Å²) in [6.45, 7) is 5.97. The Hall–Kier alpha value is -2.44. The quantitative estimate of drug-likeness (QED) is 0.458. The molecule has 0 radical (unpaired) electrons. The zero-order chi connectivity index (χ0) is 13.8. The van der Waals surface area contributed by atoms with E-state index in [4.69, 9.17) is 0 Å². The Morgan fingerprint density at radius 1 is 1.37 bits per heavy atom. The summed E-state index contributed by atoms with van der Waals surface area (Å²) >= 11 is 0. The van der Waals surface area contributed by atoms with Gasteiger partial charge < -0.3 is 9.80 Å². The van der Waals surface area contributed by atoms with Gasteiger partial charge in [0.25, 0.3) is 5.69 Å². The third-order valence-corrected chi connectivity index (χ3v) is 3.03. The molecule has 0 bridgehead atoms. The van der Waals surface area contributed by atoms with Gasteiger partial charge in [0.05, 0.1) is 4.92 Å². The van der Waals surface area contributed by atoms with Gasteiger partial charge in [0, 0.05) is 32.2 Å². The van der Waals surface area contributed by atoms with Crippen molar-refractivity contribution in [2.75, 3.05) is 31.1 Å². The van der Waals surface area contributed by atoms with Gasteiger partial charge in [0.2, 0.25) is 5.91 Å². The molecule has 2 heterocycles. The third-order valence-electron chi connectivity index (χ3n) is 3.03. The van der Waals surface area contributed by atoms with E-state index in [-0.39, 0.29) is 11.6 Å². The SMILES string of the molecule is C=CC(=O)N1CCN(c2ccc([N+](=O)[O-])cn2)CC1. The molecule has 19 heavy (non-hydrogen) atoms. The largest absolute Gasteiger partial charge is 0.353 e. The van der Waals surface area contributed by atoms with Crippen LogP contribution in [0.1, 0.15) is 0 Å². The second-order valence-corrected chi connectivity index (χ2v) is 4.15. The topological polar surface area (TPSA) is 79.6 Å². The predicted molar refractivity (Wildman–Crippen MR) is 69.9 cm³/mol. The molecule has 1 aliphatic rings. The number of carbonyl (C=O) groups is 1. The van der Waals surface area contributed by atoms with Crippen molar-refractivity contribution in [2.45, 2.75) is 0 Å². The summed E-state index contributed by atoms with van der Waals surface area (Å²) in [5.74, 6) is 0.618. The lowest BCUT2D eigenvalue weighted by Crippen LogP contribution is -2.48. The van der Waals surface area contributed by atoms with Crippen molar-refractivity contribution in [2.24, 2.45) is 0 Å². The number of nitrogens with zero attached hydrogens (tertiary/aromatic N) is 4. The van der Waals surface area contributed by atoms with Gasteiger partial charge in [-0.1, -0.05) is 6.58 Å². The molecule has 1 amide bonds. The number of piperazine rings is 1. The number of amides is 1. The first-order chi connectivity index (χ1) is 9.11. The molecule has 0 aromatic carbocycles. The zero-order valence-electron chi connectivity index (χ0n) is 10.4. The summed E-state index contributed by atoms with van der Waals surface area (Å²) in [5.41, 5.74) is -0.0239. The minimum Gasteiger partial charge on any atom is -0.353 e. The van der Waals surface area contributed by atoms with E-state index in [1.807, 2.05) is 4.90 Å². The molecule has 1 aromatic heterocycles. The van der Waals surface area contributed by atoms with E-state index < -0.39 is 4.92 Å². The molecule has 1 aromatic rings. The van der Waals surface area contributed by atoms with Crippen LogP contribution in [0.5, 0.6) is 0 Å². The standard InChI is InChI=1S/C12H14N4O3/c1-2-12(17)15-7-5-14(6-8-15)11-4-3-10(9-13-11)16(18)19/h2-4,9H,1,5-8H2. The van der Waals surface area contributed by atoms with E-state index in [0.29, 0.717) is 32.0 Å². The highest BCUT2D eigenvalue weighted by Gasteiger charge is 2.20. The average Bonchev–Trinajstić information content (AvgIpc) is 2.46. The monoisotopic (exact) mass is 262 g/mol. The van der Waals surface area contributed by atoms with Crippen LogP contribution in [0.3, 0.4) is 0 Å². The first-order valence-electron chi connectivity index (χ1n) is 5.88. The van der Waals surface area contributed by atoms with Gasteiger partial charge in [0.15, 0.2) is 0 Å². The van der Waals surface area contributed by atoms with Crippen LogP contribution >= 0.6 is 0 Å². The molecule has 1 fully saturated rings. The van der Waals surface area contributed by atoms with E-state index in [1.54, 1.807) is 11.0 Å². The van der Waals surface area contributed by atoms with Gasteiger partial charge in [-0.25, -0.2) is 4.98 Å². The molecular weight excluding hydrogens is 248 g/mol. The van der Waals surface area contributed by atoms with Gasteiger partial charge in [-0.15, -0.1) is 0 Å². The van der Waals surface area contributed by atoms with Crippen molar-refractivity contribution in [1.82, 2.24) is 9.88 Å². The fourth-order valence-electron chi connectivity index (χ4n) is 1.96. The van der Waals surface area contributed by atoms with Crippen LogP contribution in [0, 0.1) is 10.1 Å². The summed E-state index contributed by atoms with van der Waals surface area (Å²) in [4.78, 5) is 29.3. The van der Waals surface area contributed by atoms with Gasteiger partial charge in [-0.2, -0.15) is 0 Å². The lowest BCUT2D eigenvalue weighted by molar-refractivity contribution is -0.385. The number of hydrogen-bond donors (Lipinski definition) is 0. The highest BCUT2D eigenvalue weighted by molar-refractivity contribution is 5.87. The van der Waals surface area contributed by atoms with Crippen molar-refractivity contribution in [3.8, 4) is 0 Å². The summed E-state index contributed by atoms with van der Waals surface area (Å²) in [5, 5.41) is 10.5. The molecule has 2 rings (SSSR count). The molecular formula is C12H14N4O3. The average molecular weight is 262 g/mol. The predicted octanol–water partition coefficient (Wildman–Crippen LogP) is 0.824. The molecule has 1 aliphatic heterocycles. The fourth-order valence-corrected chi connectivity index (χ4v) is 1.96. The van der Waals surface area contributed by atoms with Crippen molar-refractivity contribution < 1.29 is 9.72 Å². The smallest absolute Gasteiger partial charge is 0.287 e. The first kappa shape index (κ1) is 13.0. The van der Waals surface area contributed by atoms with Crippen LogP contribution in [-0.2, 0) is 4.79 Å². The number of nitro groups is 1. The lowest BCUT2D eigenvalue weighted by atomic mass is 10.3. The van der Waals surface area contributed by atoms with Gasteiger partial charge in [0.1, 0.15) is 12.0 Å². The molecule has 7 heteroatoms. The summed E-state index contributed by atoms with van der Waals surface area (Å²) in [7, 11) is 0. The Morgan fingerprint density at radius 2 is 2.05 bits per heavy atom. The van der Waals surface area contributed by atoms with E-state index in [2.05, 4.69) is 11.6 Å². The Labute approximate surface area is 110 Å². The maximum atomic E-state index is 11.4. The second-order valence-electron chi connectivity index (χ2n) is 4.15. The van der Waals surface area contributed by atoms with Crippen molar-refractivity contribution in [3.63, 3.8) is 0 Å². The summed E-state index contributed by atoms with van der Waals surface area (Å²) in [6, 6.07) is 3.06. The number of hydrogen-bond acceptors (Lipinski definition) is 5.